The zero-order valence-corrected chi connectivity index (χ0v) is 20.5. The number of H-pyrrole nitrogens is 1. The van der Waals surface area contributed by atoms with E-state index in [1.807, 2.05) is 25.1 Å². The lowest BCUT2D eigenvalue weighted by atomic mass is 9.59. The van der Waals surface area contributed by atoms with E-state index in [1.54, 1.807) is 24.3 Å². The number of nitrogens with one attached hydrogen (secondary N) is 1. The summed E-state index contributed by atoms with van der Waals surface area (Å²) in [7, 11) is 0. The van der Waals surface area contributed by atoms with Crippen LogP contribution >= 0.6 is 0 Å². The van der Waals surface area contributed by atoms with E-state index < -0.39 is 11.5 Å². The van der Waals surface area contributed by atoms with Crippen LogP contribution in [0.25, 0.3) is 11.1 Å². The van der Waals surface area contributed by atoms with Gasteiger partial charge in [0.1, 0.15) is 23.1 Å². The van der Waals surface area contributed by atoms with Gasteiger partial charge in [0.2, 0.25) is 0 Å². The Balaban J connectivity index is 1.73. The molecule has 2 aliphatic carbocycles. The molecule has 1 fully saturated rings. The smallest absolute Gasteiger partial charge is 0.262 e. The summed E-state index contributed by atoms with van der Waals surface area (Å²) < 4.78 is 5.28. The van der Waals surface area contributed by atoms with Gasteiger partial charge in [0.15, 0.2) is 12.4 Å². The number of ether oxygens (including phenoxy) is 1. The number of aromatic amines is 1. The highest BCUT2D eigenvalue weighted by atomic mass is 16.5. The van der Waals surface area contributed by atoms with Gasteiger partial charge in [0.05, 0.1) is 0 Å². The molecule has 0 radical (unpaired) electrons. The van der Waals surface area contributed by atoms with E-state index in [0.717, 1.165) is 12.8 Å². The molecular weight excluding hydrogens is 440 g/mol. The van der Waals surface area contributed by atoms with Gasteiger partial charge < -0.3 is 14.8 Å². The van der Waals surface area contributed by atoms with Crippen LogP contribution in [0.15, 0.2) is 59.1 Å². The fraction of sp³-hybridized carbons (Fsp3) is 0.414. The number of allylic oxidation sites excluding steroid dienone is 4. The van der Waals surface area contributed by atoms with Crippen molar-refractivity contribution in [3.63, 3.8) is 0 Å². The van der Waals surface area contributed by atoms with Crippen LogP contribution in [0.3, 0.4) is 0 Å². The quantitative estimate of drug-likeness (QED) is 0.417. The zero-order valence-electron chi connectivity index (χ0n) is 20.5. The Bertz CT molecular complexity index is 1250. The van der Waals surface area contributed by atoms with Crippen molar-refractivity contribution >= 4 is 5.78 Å². The number of aromatic nitrogens is 1. The van der Waals surface area contributed by atoms with Gasteiger partial charge in [-0.2, -0.15) is 5.26 Å². The molecule has 1 aromatic carbocycles. The van der Waals surface area contributed by atoms with Gasteiger partial charge >= 0.3 is 0 Å². The molecule has 4 rings (SSSR count). The molecule has 1 heterocycles. The van der Waals surface area contributed by atoms with Crippen molar-refractivity contribution in [3.8, 4) is 28.7 Å². The summed E-state index contributed by atoms with van der Waals surface area (Å²) in [6, 6.07) is 8.71. The van der Waals surface area contributed by atoms with Gasteiger partial charge in [0.25, 0.3) is 5.56 Å². The summed E-state index contributed by atoms with van der Waals surface area (Å²) in [6.07, 6.45) is 10.9. The van der Waals surface area contributed by atoms with E-state index in [1.165, 1.54) is 18.2 Å². The van der Waals surface area contributed by atoms with Crippen LogP contribution in [-0.4, -0.2) is 22.5 Å². The Morgan fingerprint density at radius 2 is 2.03 bits per heavy atom. The SMILES string of the molecule is C/C=C/[C@@H]1[C@H]2C[C@@H](C)CC[C@@H]2C(C)=C[C@H]1C(=O)c1c(O)c(-c2ccc(OCC#N)cc2)c[nH]c1=O. The van der Waals surface area contributed by atoms with Crippen LogP contribution in [-0.2, 0) is 0 Å². The number of nitriles is 1. The topological polar surface area (TPSA) is 103 Å². The number of hydrogen-bond acceptors (Lipinski definition) is 5. The highest BCUT2D eigenvalue weighted by molar-refractivity contribution is 6.03. The van der Waals surface area contributed by atoms with Crippen molar-refractivity contribution in [2.75, 3.05) is 6.61 Å². The minimum atomic E-state index is -0.588. The number of Topliss-reactive ketones (excluding diaryl/α,β-unsaturated/α-hetero) is 1. The molecule has 35 heavy (non-hydrogen) atoms. The molecule has 2 aromatic rings. The molecule has 5 atom stereocenters. The van der Waals surface area contributed by atoms with Crippen molar-refractivity contribution in [2.24, 2.45) is 29.6 Å². The van der Waals surface area contributed by atoms with E-state index in [0.29, 0.717) is 34.6 Å². The van der Waals surface area contributed by atoms with Crippen LogP contribution in [0.1, 0.15) is 50.4 Å². The maximum Gasteiger partial charge on any atom is 0.262 e. The fourth-order valence-corrected chi connectivity index (χ4v) is 5.92. The van der Waals surface area contributed by atoms with Gasteiger partial charge in [-0.25, -0.2) is 0 Å². The molecule has 0 unspecified atom stereocenters. The Hall–Kier alpha value is -3.59. The van der Waals surface area contributed by atoms with E-state index in [9.17, 15) is 14.7 Å². The number of aromatic hydroxyl groups is 1. The van der Waals surface area contributed by atoms with Gasteiger partial charge in [-0.1, -0.05) is 49.3 Å². The second kappa shape index (κ2) is 10.4. The second-order valence-corrected chi connectivity index (χ2v) is 9.82. The first kappa shape index (κ1) is 24.5. The molecular formula is C29H32N2O4. The standard InChI is InChI=1S/C29H32N2O4/c1-4-5-22-23-14-17(2)6-11-21(23)18(3)15-24(22)27(32)26-28(33)25(16-31-29(26)34)19-7-9-20(10-8-19)35-13-12-30/h4-5,7-10,15-17,21-24H,6,11,13-14H2,1-3H3,(H2,31,33,34)/b5-4+/t17-,21+,22+,23-,24+/m0/s1. The van der Waals surface area contributed by atoms with Gasteiger partial charge in [-0.15, -0.1) is 0 Å². The van der Waals surface area contributed by atoms with E-state index in [-0.39, 0.29) is 29.6 Å². The highest BCUT2D eigenvalue weighted by Gasteiger charge is 2.43. The number of pyridine rings is 1. The first-order valence-electron chi connectivity index (χ1n) is 12.3. The molecule has 182 valence electrons. The molecule has 1 aromatic heterocycles. The highest BCUT2D eigenvalue weighted by Crippen LogP contribution is 2.49. The van der Waals surface area contributed by atoms with Crippen molar-refractivity contribution in [1.82, 2.24) is 4.98 Å². The summed E-state index contributed by atoms with van der Waals surface area (Å²) >= 11 is 0. The third-order valence-electron chi connectivity index (χ3n) is 7.60. The Labute approximate surface area is 206 Å². The minimum Gasteiger partial charge on any atom is -0.506 e. The number of carbonyl (C=O) groups is 1. The van der Waals surface area contributed by atoms with Crippen molar-refractivity contribution in [2.45, 2.75) is 40.0 Å². The molecule has 0 aliphatic heterocycles. The maximum atomic E-state index is 13.9. The molecule has 2 aliphatic rings. The van der Waals surface area contributed by atoms with Crippen molar-refractivity contribution < 1.29 is 14.6 Å². The first-order valence-corrected chi connectivity index (χ1v) is 12.3. The van der Waals surface area contributed by atoms with E-state index in [4.69, 9.17) is 10.00 Å². The molecule has 0 saturated heterocycles. The predicted octanol–water partition coefficient (Wildman–Crippen LogP) is 5.65. The first-order chi connectivity index (χ1) is 16.8. The van der Waals surface area contributed by atoms with Gasteiger partial charge in [-0.3, -0.25) is 9.59 Å². The van der Waals surface area contributed by atoms with E-state index in [2.05, 4.69) is 24.9 Å². The summed E-state index contributed by atoms with van der Waals surface area (Å²) in [5.74, 6) is 0.752. The fourth-order valence-electron chi connectivity index (χ4n) is 5.92. The third-order valence-corrected chi connectivity index (χ3v) is 7.60. The molecule has 0 bridgehead atoms. The largest absolute Gasteiger partial charge is 0.506 e. The normalized spacial score (nSPS) is 26.0. The summed E-state index contributed by atoms with van der Waals surface area (Å²) in [6.45, 7) is 6.26. The van der Waals surface area contributed by atoms with Gasteiger partial charge in [0, 0.05) is 17.7 Å². The monoisotopic (exact) mass is 472 g/mol. The lowest BCUT2D eigenvalue weighted by molar-refractivity contribution is 0.0803. The summed E-state index contributed by atoms with van der Waals surface area (Å²) in [4.78, 5) is 29.4. The van der Waals surface area contributed by atoms with E-state index >= 15 is 0 Å². The second-order valence-electron chi connectivity index (χ2n) is 9.82. The van der Waals surface area contributed by atoms with Crippen LogP contribution in [0.2, 0.25) is 0 Å². The number of benzene rings is 1. The van der Waals surface area contributed by atoms with Gasteiger partial charge in [-0.05, 0) is 68.1 Å². The number of hydrogen-bond donors (Lipinski definition) is 2. The minimum absolute atomic E-state index is 0.0111. The number of nitrogens with zero attached hydrogens (tertiary/aromatic N) is 1. The molecule has 1 saturated carbocycles. The average Bonchev–Trinajstić information content (AvgIpc) is 2.84. The molecule has 0 amide bonds. The summed E-state index contributed by atoms with van der Waals surface area (Å²) in [5, 5.41) is 19.8. The third kappa shape index (κ3) is 4.81. The Morgan fingerprint density at radius 1 is 1.29 bits per heavy atom. The molecule has 0 spiro atoms. The molecule has 2 N–H and O–H groups in total. The number of carbonyl (C=O) groups excluding carboxylic acids is 1. The Morgan fingerprint density at radius 3 is 2.71 bits per heavy atom. The van der Waals surface area contributed by atoms with Crippen LogP contribution < -0.4 is 10.3 Å². The van der Waals surface area contributed by atoms with Crippen LogP contribution in [0.4, 0.5) is 0 Å². The number of ketones is 1. The maximum absolute atomic E-state index is 13.9. The number of fused-ring (bicyclic) bond motifs is 1. The average molecular weight is 473 g/mol. The predicted molar refractivity (Wildman–Crippen MR) is 135 cm³/mol. The Kier molecular flexibility index (Phi) is 7.25. The lowest BCUT2D eigenvalue weighted by Gasteiger charge is -2.45. The van der Waals surface area contributed by atoms with Crippen molar-refractivity contribution in [1.29, 1.82) is 5.26 Å². The van der Waals surface area contributed by atoms with Crippen LogP contribution in [0.5, 0.6) is 11.5 Å². The summed E-state index contributed by atoms with van der Waals surface area (Å²) in [5.41, 5.74) is 1.41. The van der Waals surface area contributed by atoms with Crippen LogP contribution in [0, 0.1) is 40.9 Å². The number of rotatable bonds is 6. The molecule has 6 heteroatoms. The molecule has 6 nitrogen and oxygen atoms in total. The lowest BCUT2D eigenvalue weighted by Crippen LogP contribution is -2.40. The van der Waals surface area contributed by atoms with Crippen molar-refractivity contribution in [3.05, 3.63) is 70.2 Å². The zero-order chi connectivity index (χ0) is 25.1.